The molecule has 0 unspecified atom stereocenters. The van der Waals surface area contributed by atoms with Crippen molar-refractivity contribution in [3.8, 4) is 0 Å². The molecule has 0 fully saturated rings. The third-order valence-corrected chi connectivity index (χ3v) is 1.23. The van der Waals surface area contributed by atoms with E-state index in [-0.39, 0.29) is 0 Å². The number of nitrogens with two attached hydrogens (primary N) is 1. The topological polar surface area (TPSA) is 26.0 Å². The summed E-state index contributed by atoms with van der Waals surface area (Å²) in [4.78, 5) is 0. The molecule has 56 valence electrons. The molecule has 1 aromatic rings. The van der Waals surface area contributed by atoms with Gasteiger partial charge in [-0.1, -0.05) is 11.6 Å². The van der Waals surface area contributed by atoms with Crippen LogP contribution < -0.4 is 5.73 Å². The molecule has 0 saturated carbocycles. The summed E-state index contributed by atoms with van der Waals surface area (Å²) in [5.41, 5.74) is 7.56. The quantitative estimate of drug-likeness (QED) is 0.611. The van der Waals surface area contributed by atoms with Crippen LogP contribution in [0.15, 0.2) is 24.3 Å². The third kappa shape index (κ3) is 4.57. The molecule has 3 heteroatoms. The average Bonchev–Trinajstić information content (AvgIpc) is 2.08. The molecular weight excluding hydrogens is 255 g/mol. The number of hydrogen-bond donors (Lipinski definition) is 1. The fraction of sp³-hybridized carbons (Fsp3) is 0.125. The Kier molecular flexibility index (Phi) is 6.93. The molecule has 11 heavy (non-hydrogen) atoms. The van der Waals surface area contributed by atoms with Crippen molar-refractivity contribution in [1.82, 2.24) is 0 Å². The van der Waals surface area contributed by atoms with Crippen LogP contribution in [0, 0.1) is 6.92 Å². The second-order valence-electron chi connectivity index (χ2n) is 2.02. The second kappa shape index (κ2) is 6.84. The Balaban J connectivity index is 0.000000461. The summed E-state index contributed by atoms with van der Waals surface area (Å²) >= 11 is 4.25. The molecule has 0 saturated heterocycles. The second-order valence-corrected chi connectivity index (χ2v) is 2.02. The summed E-state index contributed by atoms with van der Waals surface area (Å²) in [5, 5.41) is 0. The van der Waals surface area contributed by atoms with E-state index in [9.17, 15) is 0 Å². The molecule has 2 N–H and O–H groups in total. The predicted octanol–water partition coefficient (Wildman–Crippen LogP) is 2.17. The first-order valence-corrected chi connectivity index (χ1v) is 10.2. The number of hydrogen-bond acceptors (Lipinski definition) is 1. The van der Waals surface area contributed by atoms with Crippen LogP contribution >= 0.6 is 13.6 Å². The Hall–Kier alpha value is 0.153. The molecule has 0 heterocycles. The van der Waals surface area contributed by atoms with Gasteiger partial charge in [-0.15, -0.1) is 6.07 Å². The molecule has 0 bridgehead atoms. The van der Waals surface area contributed by atoms with E-state index in [1.165, 1.54) is 16.3 Å². The van der Waals surface area contributed by atoms with Crippen LogP contribution in [0.3, 0.4) is 0 Å². The molecule has 0 aromatic heterocycles. The Morgan fingerprint density at radius 1 is 1.45 bits per heavy atom. The molecule has 0 amide bonds. The zero-order valence-corrected chi connectivity index (χ0v) is 10.9. The predicted molar refractivity (Wildman–Crippen MR) is 47.7 cm³/mol. The van der Waals surface area contributed by atoms with Gasteiger partial charge in [-0.25, -0.2) is 0 Å². The SMILES string of the molecule is [CH2-]c1cccc(CN)c1.[Zn+][Br]. The first kappa shape index (κ1) is 11.2. The first-order chi connectivity index (χ1) is 5.33. The van der Waals surface area contributed by atoms with Crippen LogP contribution in [0.1, 0.15) is 11.1 Å². The standard InChI is InChI=1S/C8H10N.BrH.Zn/c1-7-3-2-4-8(5-7)6-9;;/h2-5H,1,6,9H2;1H;/q-1;;+2/p-1. The van der Waals surface area contributed by atoms with Crippen molar-refractivity contribution in [2.75, 3.05) is 0 Å². The van der Waals surface area contributed by atoms with E-state index in [2.05, 4.69) is 20.5 Å². The summed E-state index contributed by atoms with van der Waals surface area (Å²) in [6, 6.07) is 7.90. The fourth-order valence-corrected chi connectivity index (χ4v) is 0.757. The van der Waals surface area contributed by atoms with Gasteiger partial charge in [0.15, 0.2) is 0 Å². The Morgan fingerprint density at radius 3 is 2.45 bits per heavy atom. The van der Waals surface area contributed by atoms with Crippen molar-refractivity contribution in [2.24, 2.45) is 5.73 Å². The molecule has 0 aliphatic heterocycles. The fourth-order valence-electron chi connectivity index (χ4n) is 0.757. The van der Waals surface area contributed by atoms with E-state index in [4.69, 9.17) is 5.73 Å². The Morgan fingerprint density at radius 2 is 2.09 bits per heavy atom. The van der Waals surface area contributed by atoms with Crippen molar-refractivity contribution in [3.05, 3.63) is 42.3 Å². The normalized spacial score (nSPS) is 8.36. The van der Waals surface area contributed by atoms with Crippen LogP contribution in [0.25, 0.3) is 0 Å². The van der Waals surface area contributed by atoms with Crippen LogP contribution in [0.2, 0.25) is 0 Å². The van der Waals surface area contributed by atoms with Crippen molar-refractivity contribution in [3.63, 3.8) is 0 Å². The van der Waals surface area contributed by atoms with E-state index in [0.29, 0.717) is 6.54 Å². The minimum absolute atomic E-state index is 0.601. The number of benzene rings is 1. The van der Waals surface area contributed by atoms with Crippen LogP contribution in [-0.4, -0.2) is 0 Å². The van der Waals surface area contributed by atoms with Crippen molar-refractivity contribution in [2.45, 2.75) is 6.54 Å². The summed E-state index contributed by atoms with van der Waals surface area (Å²) in [5.74, 6) is 0. The van der Waals surface area contributed by atoms with E-state index >= 15 is 0 Å². The molecule has 0 radical (unpaired) electrons. The van der Waals surface area contributed by atoms with Crippen LogP contribution in [0.4, 0.5) is 0 Å². The molecule has 0 spiro atoms. The zero-order chi connectivity index (χ0) is 8.69. The van der Waals surface area contributed by atoms with Gasteiger partial charge in [0.05, 0.1) is 0 Å². The van der Waals surface area contributed by atoms with Gasteiger partial charge in [0.2, 0.25) is 0 Å². The van der Waals surface area contributed by atoms with E-state index in [1.54, 1.807) is 0 Å². The molecule has 1 nitrogen and oxygen atoms in total. The maximum absolute atomic E-state index is 5.39. The van der Waals surface area contributed by atoms with Crippen molar-refractivity contribution >= 4 is 13.6 Å². The Bertz CT molecular complexity index is 203. The Labute approximate surface area is 84.4 Å². The third-order valence-electron chi connectivity index (χ3n) is 1.23. The number of halogens is 1. The molecular formula is C8H10BrNZn. The molecule has 1 rings (SSSR count). The summed E-state index contributed by atoms with van der Waals surface area (Å²) in [6.45, 7) is 4.37. The van der Waals surface area contributed by atoms with Crippen LogP contribution in [-0.2, 0) is 22.9 Å². The zero-order valence-electron chi connectivity index (χ0n) is 6.39. The van der Waals surface area contributed by atoms with Crippen molar-refractivity contribution in [1.29, 1.82) is 0 Å². The van der Waals surface area contributed by atoms with Gasteiger partial charge in [-0.05, 0) is 0 Å². The van der Waals surface area contributed by atoms with Gasteiger partial charge in [0.1, 0.15) is 0 Å². The van der Waals surface area contributed by atoms with Gasteiger partial charge in [-0.2, -0.15) is 24.6 Å². The van der Waals surface area contributed by atoms with Gasteiger partial charge in [-0.3, -0.25) is 0 Å². The maximum atomic E-state index is 5.39. The molecule has 0 aliphatic rings. The molecule has 0 aliphatic carbocycles. The summed E-state index contributed by atoms with van der Waals surface area (Å²) in [6.07, 6.45) is 0. The van der Waals surface area contributed by atoms with E-state index in [0.717, 1.165) is 11.1 Å². The summed E-state index contributed by atoms with van der Waals surface area (Å²) < 4.78 is 0. The average molecular weight is 265 g/mol. The molecule has 1 aromatic carbocycles. The first-order valence-electron chi connectivity index (χ1n) is 3.20. The van der Waals surface area contributed by atoms with Gasteiger partial charge < -0.3 is 5.73 Å². The van der Waals surface area contributed by atoms with Gasteiger partial charge in [0.25, 0.3) is 0 Å². The van der Waals surface area contributed by atoms with Crippen molar-refractivity contribution < 1.29 is 16.3 Å². The van der Waals surface area contributed by atoms with Gasteiger partial charge in [0, 0.05) is 6.54 Å². The monoisotopic (exact) mass is 263 g/mol. The molecule has 0 atom stereocenters. The summed E-state index contributed by atoms with van der Waals surface area (Å²) in [7, 11) is 0. The minimum atomic E-state index is 0.601. The number of rotatable bonds is 1. The van der Waals surface area contributed by atoms with Crippen LogP contribution in [0.5, 0.6) is 0 Å². The van der Waals surface area contributed by atoms with E-state index < -0.39 is 0 Å². The van der Waals surface area contributed by atoms with E-state index in [1.807, 2.05) is 24.3 Å². The van der Waals surface area contributed by atoms with Gasteiger partial charge >= 0.3 is 30.0 Å².